The Kier molecular flexibility index (Phi) is 5.76. The van der Waals surface area contributed by atoms with Crippen LogP contribution in [-0.2, 0) is 26.7 Å². The van der Waals surface area contributed by atoms with Crippen molar-refractivity contribution in [2.45, 2.75) is 49.3 Å². The highest BCUT2D eigenvalue weighted by Gasteiger charge is 2.25. The van der Waals surface area contributed by atoms with E-state index in [9.17, 15) is 26.2 Å². The summed E-state index contributed by atoms with van der Waals surface area (Å²) in [6, 6.07) is 2.94. The number of aromatic amines is 1. The summed E-state index contributed by atoms with van der Waals surface area (Å²) in [5.74, 6) is 0. The number of aromatic nitrogens is 2. The fraction of sp³-hybridized carbons (Fsp3) is 0.400. The fourth-order valence-corrected chi connectivity index (χ4v) is 4.09. The van der Waals surface area contributed by atoms with Crippen LogP contribution in [0.5, 0.6) is 0 Å². The molecule has 1 aromatic heterocycles. The zero-order valence-corrected chi connectivity index (χ0v) is 15.9. The van der Waals surface area contributed by atoms with E-state index in [0.717, 1.165) is 30.0 Å². The summed E-state index contributed by atoms with van der Waals surface area (Å²) in [6.07, 6.45) is 3.38. The van der Waals surface area contributed by atoms with Gasteiger partial charge in [-0.15, -0.1) is 0 Å². The van der Waals surface area contributed by atoms with Crippen LogP contribution in [0.4, 0.5) is 0 Å². The molecule has 26 heavy (non-hydrogen) atoms. The molecule has 0 unspecified atom stereocenters. The van der Waals surface area contributed by atoms with Gasteiger partial charge in [-0.05, 0) is 37.5 Å². The Balaban J connectivity index is 2.69. The number of H-pyrrole nitrogens is 1. The minimum absolute atomic E-state index is 0.0665. The van der Waals surface area contributed by atoms with Crippen molar-refractivity contribution < 1.29 is 25.9 Å². The molecule has 0 aliphatic rings. The normalized spacial score (nSPS) is 12.5. The van der Waals surface area contributed by atoms with Crippen LogP contribution in [-0.4, -0.2) is 35.7 Å². The van der Waals surface area contributed by atoms with Crippen molar-refractivity contribution in [2.24, 2.45) is 0 Å². The Morgan fingerprint density at radius 2 is 1.69 bits per heavy atom. The molecular formula is C15H20N2O7S2. The Morgan fingerprint density at radius 1 is 1.04 bits per heavy atom. The molecule has 2 aromatic rings. The second-order valence-electron chi connectivity index (χ2n) is 5.95. The van der Waals surface area contributed by atoms with Crippen molar-refractivity contribution in [1.82, 2.24) is 9.78 Å². The summed E-state index contributed by atoms with van der Waals surface area (Å²) in [7, 11) is -9.57. The van der Waals surface area contributed by atoms with Gasteiger partial charge in [0, 0.05) is 11.8 Å². The number of nitrogens with one attached hydrogen (secondary N) is 1. The number of nitrogens with zero attached hydrogens (tertiary/aromatic N) is 1. The highest BCUT2D eigenvalue weighted by Crippen LogP contribution is 2.26. The quantitative estimate of drug-likeness (QED) is 0.470. The van der Waals surface area contributed by atoms with Crippen molar-refractivity contribution in [3.05, 3.63) is 39.8 Å². The molecule has 0 saturated carbocycles. The Morgan fingerprint density at radius 3 is 2.23 bits per heavy atom. The van der Waals surface area contributed by atoms with Gasteiger partial charge in [0.25, 0.3) is 25.8 Å². The van der Waals surface area contributed by atoms with E-state index in [1.807, 2.05) is 6.92 Å². The molecule has 0 aliphatic heterocycles. The minimum Gasteiger partial charge on any atom is -0.295 e. The van der Waals surface area contributed by atoms with Gasteiger partial charge in [-0.1, -0.05) is 19.8 Å². The lowest BCUT2D eigenvalue weighted by Crippen LogP contribution is -2.19. The van der Waals surface area contributed by atoms with Crippen molar-refractivity contribution in [3.8, 4) is 5.69 Å². The molecule has 9 nitrogen and oxygen atoms in total. The average molecular weight is 404 g/mol. The van der Waals surface area contributed by atoms with Gasteiger partial charge >= 0.3 is 0 Å². The van der Waals surface area contributed by atoms with Gasteiger partial charge in [0.2, 0.25) is 0 Å². The summed E-state index contributed by atoms with van der Waals surface area (Å²) in [4.78, 5) is 10.8. The molecular weight excluding hydrogens is 384 g/mol. The van der Waals surface area contributed by atoms with Crippen LogP contribution >= 0.6 is 0 Å². The summed E-state index contributed by atoms with van der Waals surface area (Å²) in [5, 5.41) is 2.78. The summed E-state index contributed by atoms with van der Waals surface area (Å²) in [6.45, 7) is 3.40. The van der Waals surface area contributed by atoms with E-state index in [2.05, 4.69) is 5.10 Å². The maximum absolute atomic E-state index is 12.3. The molecule has 2 rings (SSSR count). The van der Waals surface area contributed by atoms with Gasteiger partial charge in [0.1, 0.15) is 4.90 Å². The molecule has 0 saturated heterocycles. The number of benzene rings is 1. The molecule has 1 aromatic carbocycles. The van der Waals surface area contributed by atoms with E-state index < -0.39 is 35.6 Å². The van der Waals surface area contributed by atoms with E-state index in [1.54, 1.807) is 0 Å². The van der Waals surface area contributed by atoms with Crippen molar-refractivity contribution in [1.29, 1.82) is 0 Å². The third-order valence-corrected chi connectivity index (χ3v) is 5.56. The third kappa shape index (κ3) is 4.41. The lowest BCUT2D eigenvalue weighted by Gasteiger charge is -2.13. The summed E-state index contributed by atoms with van der Waals surface area (Å²) < 4.78 is 65.7. The number of hydrogen-bond donors (Lipinski definition) is 3. The smallest absolute Gasteiger partial charge is 0.295 e. The molecule has 0 radical (unpaired) electrons. The Bertz CT molecular complexity index is 1080. The zero-order chi connectivity index (χ0) is 19.7. The van der Waals surface area contributed by atoms with E-state index >= 15 is 0 Å². The van der Waals surface area contributed by atoms with E-state index in [4.69, 9.17) is 4.55 Å². The lowest BCUT2D eigenvalue weighted by atomic mass is 10.2. The standard InChI is InChI=1S/C15H20N2O7S2/c1-3-4-5-6-11-8-14(18)17(16-11)15-10(2)7-12(25(19,20)21)9-13(15)26(22,23)24/h7-9,16H,3-6H2,1-2H3,(H,19,20,21)(H,22,23,24). The van der Waals surface area contributed by atoms with E-state index in [1.165, 1.54) is 13.0 Å². The molecule has 0 fully saturated rings. The van der Waals surface area contributed by atoms with Gasteiger partial charge in [-0.25, -0.2) is 4.68 Å². The number of hydrogen-bond acceptors (Lipinski definition) is 5. The summed E-state index contributed by atoms with van der Waals surface area (Å²) in [5.41, 5.74) is -0.101. The predicted octanol–water partition coefficient (Wildman–Crippen LogP) is 1.70. The van der Waals surface area contributed by atoms with Gasteiger partial charge < -0.3 is 0 Å². The number of rotatable bonds is 7. The predicted molar refractivity (Wildman–Crippen MR) is 94.0 cm³/mol. The topological polar surface area (TPSA) is 147 Å². The van der Waals surface area contributed by atoms with Crippen LogP contribution in [0.15, 0.2) is 32.8 Å². The average Bonchev–Trinajstić information content (AvgIpc) is 2.85. The maximum Gasteiger partial charge on any atom is 0.296 e. The molecule has 0 aliphatic carbocycles. The second kappa shape index (κ2) is 7.35. The Labute approximate surface area is 151 Å². The first-order valence-electron chi connectivity index (χ1n) is 7.86. The zero-order valence-electron chi connectivity index (χ0n) is 14.3. The van der Waals surface area contributed by atoms with E-state index in [0.29, 0.717) is 18.2 Å². The van der Waals surface area contributed by atoms with Crippen molar-refractivity contribution in [3.63, 3.8) is 0 Å². The largest absolute Gasteiger partial charge is 0.296 e. The Hall–Kier alpha value is -1.95. The van der Waals surface area contributed by atoms with Gasteiger partial charge in [0.15, 0.2) is 0 Å². The maximum atomic E-state index is 12.3. The van der Waals surface area contributed by atoms with Crippen LogP contribution in [0.25, 0.3) is 5.69 Å². The molecule has 11 heteroatoms. The molecule has 0 atom stereocenters. The fourth-order valence-electron chi connectivity index (χ4n) is 2.65. The lowest BCUT2D eigenvalue weighted by molar-refractivity contribution is 0.480. The van der Waals surface area contributed by atoms with Crippen LogP contribution < -0.4 is 5.56 Å². The first-order valence-corrected chi connectivity index (χ1v) is 10.7. The highest BCUT2D eigenvalue weighted by atomic mass is 32.2. The van der Waals surface area contributed by atoms with Gasteiger partial charge in [0.05, 0.1) is 10.6 Å². The first-order chi connectivity index (χ1) is 11.9. The molecule has 1 heterocycles. The first kappa shape index (κ1) is 20.4. The summed E-state index contributed by atoms with van der Waals surface area (Å²) >= 11 is 0. The highest BCUT2D eigenvalue weighted by molar-refractivity contribution is 7.86. The third-order valence-electron chi connectivity index (χ3n) is 3.86. The number of aryl methyl sites for hydroxylation is 2. The van der Waals surface area contributed by atoms with Crippen LogP contribution in [0.2, 0.25) is 0 Å². The van der Waals surface area contributed by atoms with Gasteiger partial charge in [-0.2, -0.15) is 16.8 Å². The molecule has 3 N–H and O–H groups in total. The van der Waals surface area contributed by atoms with E-state index in [-0.39, 0.29) is 11.3 Å². The molecule has 0 spiro atoms. The van der Waals surface area contributed by atoms with Crippen molar-refractivity contribution in [2.75, 3.05) is 0 Å². The molecule has 0 bridgehead atoms. The van der Waals surface area contributed by atoms with Crippen LogP contribution in [0.1, 0.15) is 37.4 Å². The second-order valence-corrected chi connectivity index (χ2v) is 8.76. The van der Waals surface area contributed by atoms with Crippen LogP contribution in [0.3, 0.4) is 0 Å². The van der Waals surface area contributed by atoms with Crippen molar-refractivity contribution >= 4 is 20.2 Å². The number of unbranched alkanes of at least 4 members (excludes halogenated alkanes) is 2. The van der Waals surface area contributed by atoms with Gasteiger partial charge in [-0.3, -0.25) is 19.0 Å². The minimum atomic E-state index is -4.87. The van der Waals surface area contributed by atoms with Crippen LogP contribution in [0, 0.1) is 6.92 Å². The SMILES string of the molecule is CCCCCc1cc(=O)n(-c2c(C)cc(S(=O)(=O)O)cc2S(=O)(=O)O)[nH]1. The monoisotopic (exact) mass is 404 g/mol. The molecule has 144 valence electrons. The molecule has 0 amide bonds.